The third kappa shape index (κ3) is 4.77. The van der Waals surface area contributed by atoms with Crippen LogP contribution in [0.2, 0.25) is 0 Å². The van der Waals surface area contributed by atoms with E-state index in [4.69, 9.17) is 14.7 Å². The lowest BCUT2D eigenvalue weighted by atomic mass is 9.84. The molecular formula is C37H39N3O2. The van der Waals surface area contributed by atoms with E-state index >= 15 is 0 Å². The Morgan fingerprint density at radius 2 is 1.67 bits per heavy atom. The van der Waals surface area contributed by atoms with Crippen molar-refractivity contribution in [3.8, 4) is 23.2 Å². The number of para-hydroxylation sites is 1. The smallest absolute Gasteiger partial charge is 0.220 e. The van der Waals surface area contributed by atoms with Crippen molar-refractivity contribution in [2.24, 2.45) is 0 Å². The number of nitrogens with zero attached hydrogens (tertiary/aromatic N) is 3. The normalized spacial score (nSPS) is 12.2. The number of ether oxygens (including phenoxy) is 1. The van der Waals surface area contributed by atoms with Gasteiger partial charge in [0.25, 0.3) is 0 Å². The van der Waals surface area contributed by atoms with E-state index in [1.54, 1.807) is 6.07 Å². The van der Waals surface area contributed by atoms with Crippen molar-refractivity contribution in [1.82, 2.24) is 14.5 Å². The molecule has 1 N–H and O–H groups in total. The number of hydrogen-bond donors (Lipinski definition) is 1. The quantitative estimate of drug-likeness (QED) is 0.221. The molecule has 0 unspecified atom stereocenters. The molecule has 0 fully saturated rings. The summed E-state index contributed by atoms with van der Waals surface area (Å²) >= 11 is 0. The maximum absolute atomic E-state index is 10.9. The molecule has 214 valence electrons. The zero-order valence-electron chi connectivity index (χ0n) is 25.6. The van der Waals surface area contributed by atoms with Gasteiger partial charge in [0.2, 0.25) is 5.88 Å². The Labute approximate surface area is 247 Å². The first-order valence-electron chi connectivity index (χ1n) is 15.0. The van der Waals surface area contributed by atoms with Gasteiger partial charge in [-0.2, -0.15) is 0 Å². The lowest BCUT2D eigenvalue weighted by molar-refractivity contribution is 0.457. The van der Waals surface area contributed by atoms with Crippen molar-refractivity contribution in [1.29, 1.82) is 0 Å². The molecular weight excluding hydrogens is 518 g/mol. The van der Waals surface area contributed by atoms with Crippen molar-refractivity contribution < 1.29 is 9.84 Å². The highest BCUT2D eigenvalue weighted by Gasteiger charge is 2.25. The van der Waals surface area contributed by atoms with E-state index < -0.39 is 0 Å². The van der Waals surface area contributed by atoms with Crippen molar-refractivity contribution >= 4 is 32.7 Å². The van der Waals surface area contributed by atoms with E-state index in [9.17, 15) is 5.11 Å². The first-order chi connectivity index (χ1) is 20.1. The van der Waals surface area contributed by atoms with Crippen LogP contribution in [-0.4, -0.2) is 19.6 Å². The van der Waals surface area contributed by atoms with E-state index in [2.05, 4.69) is 108 Å². The van der Waals surface area contributed by atoms with Gasteiger partial charge in [0.05, 0.1) is 11.0 Å². The largest absolute Gasteiger partial charge is 0.506 e. The third-order valence-electron chi connectivity index (χ3n) is 8.25. The average molecular weight is 558 g/mol. The molecule has 0 amide bonds. The monoisotopic (exact) mass is 557 g/mol. The average Bonchev–Trinajstić information content (AvgIpc) is 3.30. The molecule has 3 aromatic carbocycles. The van der Waals surface area contributed by atoms with Crippen LogP contribution in [0.3, 0.4) is 0 Å². The van der Waals surface area contributed by atoms with Crippen molar-refractivity contribution in [3.63, 3.8) is 0 Å². The van der Waals surface area contributed by atoms with Gasteiger partial charge < -0.3 is 9.84 Å². The summed E-state index contributed by atoms with van der Waals surface area (Å²) in [5.41, 5.74) is 7.19. The second-order valence-corrected chi connectivity index (χ2v) is 12.5. The topological polar surface area (TPSA) is 60.2 Å². The van der Waals surface area contributed by atoms with Crippen LogP contribution in [-0.2, 0) is 18.3 Å². The van der Waals surface area contributed by atoms with Crippen LogP contribution >= 0.6 is 0 Å². The van der Waals surface area contributed by atoms with Gasteiger partial charge in [-0.1, -0.05) is 66.7 Å². The van der Waals surface area contributed by atoms with E-state index in [-0.39, 0.29) is 11.2 Å². The van der Waals surface area contributed by atoms with Gasteiger partial charge in [0, 0.05) is 34.5 Å². The van der Waals surface area contributed by atoms with Gasteiger partial charge in [0.1, 0.15) is 22.8 Å². The number of fused-ring (bicyclic) bond motifs is 4. The summed E-state index contributed by atoms with van der Waals surface area (Å²) in [5.74, 6) is 2.64. The van der Waals surface area contributed by atoms with Crippen molar-refractivity contribution in [3.05, 3.63) is 95.2 Å². The first kappa shape index (κ1) is 27.8. The highest BCUT2D eigenvalue weighted by molar-refractivity contribution is 6.11. The lowest BCUT2D eigenvalue weighted by Gasteiger charge is -2.22. The van der Waals surface area contributed by atoms with Gasteiger partial charge >= 0.3 is 0 Å². The second kappa shape index (κ2) is 10.5. The van der Waals surface area contributed by atoms with E-state index in [0.717, 1.165) is 46.2 Å². The summed E-state index contributed by atoms with van der Waals surface area (Å²) in [6, 6.07) is 23.0. The number of benzene rings is 3. The molecule has 0 bridgehead atoms. The number of rotatable bonds is 6. The molecule has 5 heteroatoms. The summed E-state index contributed by atoms with van der Waals surface area (Å²) < 4.78 is 8.83. The third-order valence-corrected chi connectivity index (χ3v) is 8.25. The predicted octanol–water partition coefficient (Wildman–Crippen LogP) is 9.77. The first-order valence-corrected chi connectivity index (χ1v) is 15.0. The number of aromatic nitrogens is 3. The molecule has 0 aliphatic carbocycles. The number of phenolic OH excluding ortho intramolecular Hbond substituents is 1. The van der Waals surface area contributed by atoms with Crippen LogP contribution in [0.4, 0.5) is 0 Å². The van der Waals surface area contributed by atoms with Crippen LogP contribution in [0.15, 0.2) is 72.9 Å². The number of aryl methyl sites for hydroxylation is 2. The molecule has 3 heterocycles. The Hall–Kier alpha value is -4.38. The maximum atomic E-state index is 10.9. The molecule has 6 rings (SSSR count). The molecule has 5 nitrogen and oxygen atoms in total. The van der Waals surface area contributed by atoms with Crippen LogP contribution in [0.25, 0.3) is 38.5 Å². The van der Waals surface area contributed by atoms with Gasteiger partial charge in [0.15, 0.2) is 0 Å². The minimum atomic E-state index is -0.153. The summed E-state index contributed by atoms with van der Waals surface area (Å²) in [4.78, 5) is 9.62. The molecule has 0 aliphatic rings. The zero-order valence-corrected chi connectivity index (χ0v) is 25.6. The highest BCUT2D eigenvalue weighted by atomic mass is 16.5. The zero-order chi connectivity index (χ0) is 29.8. The SMILES string of the molecule is CCc1cc(O)c2nc(Oc3cc(C(C)(C)C)c4c5ccccc5n(-c5cc(C(C)C)ccn5)c4c3)cc(CC)c2c1. The Balaban J connectivity index is 1.61. The van der Waals surface area contributed by atoms with Gasteiger partial charge in [-0.15, -0.1) is 0 Å². The maximum Gasteiger partial charge on any atom is 0.220 e. The second-order valence-electron chi connectivity index (χ2n) is 12.5. The molecule has 42 heavy (non-hydrogen) atoms. The van der Waals surface area contributed by atoms with Crippen molar-refractivity contribution in [2.45, 2.75) is 72.6 Å². The summed E-state index contributed by atoms with van der Waals surface area (Å²) in [7, 11) is 0. The fourth-order valence-corrected chi connectivity index (χ4v) is 5.96. The molecule has 0 saturated heterocycles. The van der Waals surface area contributed by atoms with E-state index in [1.807, 2.05) is 12.3 Å². The van der Waals surface area contributed by atoms with Gasteiger partial charge in [-0.3, -0.25) is 4.57 Å². The fraction of sp³-hybridized carbons (Fsp3) is 0.297. The Kier molecular flexibility index (Phi) is 6.92. The van der Waals surface area contributed by atoms with Crippen LogP contribution in [0.1, 0.15) is 76.6 Å². The minimum absolute atomic E-state index is 0.153. The molecule has 0 aliphatic heterocycles. The molecule has 0 spiro atoms. The number of pyridine rings is 2. The van der Waals surface area contributed by atoms with Crippen LogP contribution in [0.5, 0.6) is 17.4 Å². The summed E-state index contributed by atoms with van der Waals surface area (Å²) in [6.45, 7) is 15.3. The van der Waals surface area contributed by atoms with E-state index in [1.165, 1.54) is 21.9 Å². The van der Waals surface area contributed by atoms with Crippen molar-refractivity contribution in [2.75, 3.05) is 0 Å². The summed E-state index contributed by atoms with van der Waals surface area (Å²) in [6.07, 6.45) is 3.56. The van der Waals surface area contributed by atoms with Gasteiger partial charge in [-0.05, 0) is 82.8 Å². The molecule has 6 aromatic rings. The predicted molar refractivity (Wildman–Crippen MR) is 174 cm³/mol. The number of aromatic hydroxyl groups is 1. The van der Waals surface area contributed by atoms with Gasteiger partial charge in [-0.25, -0.2) is 9.97 Å². The Morgan fingerprint density at radius 1 is 0.881 bits per heavy atom. The fourth-order valence-electron chi connectivity index (χ4n) is 5.96. The Morgan fingerprint density at radius 3 is 2.38 bits per heavy atom. The Bertz CT molecular complexity index is 1960. The molecule has 0 saturated carbocycles. The highest BCUT2D eigenvalue weighted by Crippen LogP contribution is 2.42. The van der Waals surface area contributed by atoms with Crippen LogP contribution in [0, 0.1) is 0 Å². The lowest BCUT2D eigenvalue weighted by Crippen LogP contribution is -2.12. The number of hydrogen-bond acceptors (Lipinski definition) is 4. The minimum Gasteiger partial charge on any atom is -0.506 e. The van der Waals surface area contributed by atoms with E-state index in [0.29, 0.717) is 23.1 Å². The summed E-state index contributed by atoms with van der Waals surface area (Å²) in [5, 5.41) is 14.2. The molecule has 0 atom stereocenters. The standard InChI is InChI=1S/C37H39N3O2/c1-8-23-16-28-24(9-2)19-34(39-36(28)32(41)17-23)42-26-20-29(37(5,6)7)35-27-12-10-11-13-30(27)40(31(35)21-26)33-18-25(22(3)4)14-15-38-33/h10-22,41H,8-9H2,1-7H3. The molecule has 0 radical (unpaired) electrons. The number of phenols is 1. The van der Waals surface area contributed by atoms with Crippen LogP contribution < -0.4 is 4.74 Å². The molecule has 3 aromatic heterocycles.